The van der Waals surface area contributed by atoms with E-state index in [-0.39, 0.29) is 10.7 Å². The Bertz CT molecular complexity index is 758. The van der Waals surface area contributed by atoms with Crippen molar-refractivity contribution in [3.8, 4) is 17.2 Å². The molecule has 0 aliphatic heterocycles. The number of benzene rings is 2. The average molecular weight is 331 g/mol. The van der Waals surface area contributed by atoms with Crippen molar-refractivity contribution in [1.29, 1.82) is 0 Å². The molecular weight excluding hydrogens is 314 g/mol. The van der Waals surface area contributed by atoms with Crippen molar-refractivity contribution in [3.05, 3.63) is 47.5 Å². The summed E-state index contributed by atoms with van der Waals surface area (Å²) in [5, 5.41) is 35.9. The van der Waals surface area contributed by atoms with E-state index < -0.39 is 17.2 Å². The van der Waals surface area contributed by atoms with Gasteiger partial charge in [0.05, 0.1) is 5.71 Å². The summed E-state index contributed by atoms with van der Waals surface area (Å²) in [5.41, 5.74) is 5.31. The molecule has 2 aromatic rings. The van der Waals surface area contributed by atoms with Crippen molar-refractivity contribution in [2.75, 3.05) is 5.32 Å². The molecule has 0 radical (unpaired) electrons. The number of thiocarbonyl (C=S) groups is 1. The van der Waals surface area contributed by atoms with Gasteiger partial charge in [0.15, 0.2) is 16.6 Å². The van der Waals surface area contributed by atoms with Crippen LogP contribution in [0.3, 0.4) is 0 Å². The molecule has 0 aromatic heterocycles. The molecule has 0 heterocycles. The normalized spacial score (nSPS) is 11.1. The topological polar surface area (TPSA) is 97.1 Å². The molecule has 0 spiro atoms. The summed E-state index contributed by atoms with van der Waals surface area (Å²) in [7, 11) is 0. The van der Waals surface area contributed by atoms with Crippen LogP contribution in [0, 0.1) is 6.92 Å². The van der Waals surface area contributed by atoms with E-state index in [1.165, 1.54) is 12.1 Å². The quantitative estimate of drug-likeness (QED) is 0.257. The van der Waals surface area contributed by atoms with Gasteiger partial charge >= 0.3 is 0 Å². The van der Waals surface area contributed by atoms with Crippen molar-refractivity contribution in [2.24, 2.45) is 5.10 Å². The van der Waals surface area contributed by atoms with Crippen LogP contribution in [-0.2, 0) is 0 Å². The third-order valence-corrected chi connectivity index (χ3v) is 3.35. The van der Waals surface area contributed by atoms with E-state index in [9.17, 15) is 15.3 Å². The van der Waals surface area contributed by atoms with Crippen molar-refractivity contribution in [2.45, 2.75) is 13.8 Å². The zero-order chi connectivity index (χ0) is 17.0. The van der Waals surface area contributed by atoms with E-state index in [4.69, 9.17) is 12.2 Å². The number of phenols is 3. The number of hydrazone groups is 1. The van der Waals surface area contributed by atoms with Gasteiger partial charge in [-0.15, -0.1) is 0 Å². The lowest BCUT2D eigenvalue weighted by atomic mass is 10.1. The number of phenolic OH excluding ortho intramolecular Hbond substituents is 3. The van der Waals surface area contributed by atoms with Crippen LogP contribution < -0.4 is 10.7 Å². The van der Waals surface area contributed by atoms with Gasteiger partial charge in [0.1, 0.15) is 0 Å². The second kappa shape index (κ2) is 6.97. The minimum atomic E-state index is -0.586. The van der Waals surface area contributed by atoms with Crippen LogP contribution in [0.2, 0.25) is 0 Å². The van der Waals surface area contributed by atoms with E-state index in [0.29, 0.717) is 5.71 Å². The Morgan fingerprint density at radius 1 is 1.00 bits per heavy atom. The maximum absolute atomic E-state index is 9.81. The zero-order valence-corrected chi connectivity index (χ0v) is 13.5. The molecule has 23 heavy (non-hydrogen) atoms. The highest BCUT2D eigenvalue weighted by Gasteiger charge is 2.13. The first-order valence-corrected chi connectivity index (χ1v) is 7.21. The highest BCUT2D eigenvalue weighted by atomic mass is 32.1. The SMILES string of the molecule is CC(=NNC(=S)Nc1ccc(C)cc1)c1ccc(O)c(O)c1O. The first-order valence-electron chi connectivity index (χ1n) is 6.80. The van der Waals surface area contributed by atoms with Gasteiger partial charge in [-0.2, -0.15) is 5.10 Å². The van der Waals surface area contributed by atoms with Gasteiger partial charge in [-0.3, -0.25) is 5.43 Å². The molecule has 0 unspecified atom stereocenters. The van der Waals surface area contributed by atoms with Crippen LogP contribution in [0.4, 0.5) is 5.69 Å². The number of hydrogen-bond donors (Lipinski definition) is 5. The summed E-state index contributed by atoms with van der Waals surface area (Å²) in [6.45, 7) is 3.63. The van der Waals surface area contributed by atoms with Gasteiger partial charge in [0.2, 0.25) is 5.75 Å². The molecule has 0 atom stereocenters. The maximum atomic E-state index is 9.81. The third-order valence-electron chi connectivity index (χ3n) is 3.15. The Morgan fingerprint density at radius 3 is 2.30 bits per heavy atom. The Labute approximate surface area is 139 Å². The molecule has 0 saturated heterocycles. The minimum Gasteiger partial charge on any atom is -0.504 e. The molecule has 0 bridgehead atoms. The van der Waals surface area contributed by atoms with E-state index in [1.807, 2.05) is 31.2 Å². The van der Waals surface area contributed by atoms with Gasteiger partial charge < -0.3 is 20.6 Å². The Kier molecular flexibility index (Phi) is 5.02. The molecular formula is C16H17N3O3S. The molecule has 5 N–H and O–H groups in total. The van der Waals surface area contributed by atoms with Crippen molar-refractivity contribution >= 4 is 28.7 Å². The molecule has 2 aromatic carbocycles. The van der Waals surface area contributed by atoms with Gasteiger partial charge in [-0.1, -0.05) is 17.7 Å². The van der Waals surface area contributed by atoms with E-state index in [2.05, 4.69) is 15.8 Å². The van der Waals surface area contributed by atoms with Crippen LogP contribution in [0.5, 0.6) is 17.2 Å². The smallest absolute Gasteiger partial charge is 0.200 e. The number of nitrogens with zero attached hydrogens (tertiary/aromatic N) is 1. The fourth-order valence-electron chi connectivity index (χ4n) is 1.85. The van der Waals surface area contributed by atoms with Crippen LogP contribution in [-0.4, -0.2) is 26.1 Å². The van der Waals surface area contributed by atoms with Crippen molar-refractivity contribution in [1.82, 2.24) is 5.43 Å². The predicted octanol–water partition coefficient (Wildman–Crippen LogP) is 2.82. The molecule has 0 amide bonds. The van der Waals surface area contributed by atoms with Gasteiger partial charge in [0, 0.05) is 11.3 Å². The van der Waals surface area contributed by atoms with Gasteiger partial charge in [-0.25, -0.2) is 0 Å². The number of aromatic hydroxyl groups is 3. The summed E-state index contributed by atoms with van der Waals surface area (Å²) < 4.78 is 0. The highest BCUT2D eigenvalue weighted by molar-refractivity contribution is 7.80. The summed E-state index contributed by atoms with van der Waals surface area (Å²) >= 11 is 5.14. The summed E-state index contributed by atoms with van der Waals surface area (Å²) in [6, 6.07) is 10.4. The van der Waals surface area contributed by atoms with Crippen molar-refractivity contribution < 1.29 is 15.3 Å². The highest BCUT2D eigenvalue weighted by Crippen LogP contribution is 2.37. The molecule has 0 fully saturated rings. The van der Waals surface area contributed by atoms with Gasteiger partial charge in [-0.05, 0) is 50.3 Å². The lowest BCUT2D eigenvalue weighted by Gasteiger charge is -2.10. The Hall–Kier alpha value is -2.80. The lowest BCUT2D eigenvalue weighted by molar-refractivity contribution is 0.367. The zero-order valence-electron chi connectivity index (χ0n) is 12.7. The van der Waals surface area contributed by atoms with E-state index >= 15 is 0 Å². The van der Waals surface area contributed by atoms with Crippen LogP contribution in [0.15, 0.2) is 41.5 Å². The second-order valence-electron chi connectivity index (χ2n) is 4.96. The molecule has 0 aliphatic rings. The van der Waals surface area contributed by atoms with Crippen LogP contribution in [0.25, 0.3) is 0 Å². The standard InChI is InChI=1S/C16H17N3O3S/c1-9-3-5-11(6-4-9)17-16(23)19-18-10(2)12-7-8-13(20)15(22)14(12)21/h3-8,20-22H,1-2H3,(H2,17,19,23). The number of anilines is 1. The van der Waals surface area contributed by atoms with Crippen LogP contribution >= 0.6 is 12.2 Å². The summed E-state index contributed by atoms with van der Waals surface area (Å²) in [5.74, 6) is -1.42. The third kappa shape index (κ3) is 4.10. The Balaban J connectivity index is 2.06. The minimum absolute atomic E-state index is 0.283. The van der Waals surface area contributed by atoms with E-state index in [1.54, 1.807) is 6.92 Å². The molecule has 7 heteroatoms. The first-order chi connectivity index (χ1) is 10.9. The summed E-state index contributed by atoms with van der Waals surface area (Å²) in [4.78, 5) is 0. The summed E-state index contributed by atoms with van der Waals surface area (Å²) in [6.07, 6.45) is 0. The molecule has 6 nitrogen and oxygen atoms in total. The largest absolute Gasteiger partial charge is 0.504 e. The molecule has 0 saturated carbocycles. The first kappa shape index (κ1) is 16.6. The van der Waals surface area contributed by atoms with Gasteiger partial charge in [0.25, 0.3) is 0 Å². The number of rotatable bonds is 3. The number of aryl methyl sites for hydroxylation is 1. The fraction of sp³-hybridized carbons (Fsp3) is 0.125. The van der Waals surface area contributed by atoms with E-state index in [0.717, 1.165) is 11.3 Å². The Morgan fingerprint density at radius 2 is 1.65 bits per heavy atom. The molecule has 2 rings (SSSR count). The lowest BCUT2D eigenvalue weighted by Crippen LogP contribution is -2.24. The molecule has 120 valence electrons. The van der Waals surface area contributed by atoms with Crippen LogP contribution in [0.1, 0.15) is 18.1 Å². The number of hydrogen-bond acceptors (Lipinski definition) is 5. The maximum Gasteiger partial charge on any atom is 0.200 e. The fourth-order valence-corrected chi connectivity index (χ4v) is 2.02. The number of nitrogens with one attached hydrogen (secondary N) is 2. The van der Waals surface area contributed by atoms with Crippen molar-refractivity contribution in [3.63, 3.8) is 0 Å². The average Bonchev–Trinajstić information content (AvgIpc) is 2.53. The second-order valence-corrected chi connectivity index (χ2v) is 5.37. The monoisotopic (exact) mass is 331 g/mol. The predicted molar refractivity (Wildman–Crippen MR) is 94.2 cm³/mol. The molecule has 0 aliphatic carbocycles.